The standard InChI is InChI=1S/C16H19F3N4O/c1-9-21-13(10-3-5-11(6-4-10)16(17,18)19)12(15(24)22-9)14-20-7-8-23(14)2/h7-8,10-11H,3-6H2,1-2H3,(H,21,22,24). The fourth-order valence-corrected chi connectivity index (χ4v) is 3.42. The predicted molar refractivity (Wildman–Crippen MR) is 82.6 cm³/mol. The molecule has 1 fully saturated rings. The molecule has 0 radical (unpaired) electrons. The van der Waals surface area contributed by atoms with E-state index in [0.29, 0.717) is 35.7 Å². The fourth-order valence-electron chi connectivity index (χ4n) is 3.42. The van der Waals surface area contributed by atoms with Crippen molar-refractivity contribution < 1.29 is 13.2 Å². The number of H-pyrrole nitrogens is 1. The van der Waals surface area contributed by atoms with Gasteiger partial charge < -0.3 is 9.55 Å². The first kappa shape index (κ1) is 16.7. The van der Waals surface area contributed by atoms with E-state index in [-0.39, 0.29) is 24.3 Å². The van der Waals surface area contributed by atoms with Gasteiger partial charge >= 0.3 is 6.18 Å². The van der Waals surface area contributed by atoms with Crippen molar-refractivity contribution in [1.29, 1.82) is 0 Å². The summed E-state index contributed by atoms with van der Waals surface area (Å²) < 4.78 is 40.3. The normalized spacial score (nSPS) is 21.9. The molecule has 0 amide bonds. The van der Waals surface area contributed by atoms with Crippen LogP contribution in [-0.4, -0.2) is 25.7 Å². The predicted octanol–water partition coefficient (Wildman–Crippen LogP) is 3.31. The van der Waals surface area contributed by atoms with Crippen molar-refractivity contribution in [3.05, 3.63) is 34.3 Å². The molecule has 2 aromatic rings. The molecule has 0 bridgehead atoms. The summed E-state index contributed by atoms with van der Waals surface area (Å²) >= 11 is 0. The number of hydrogen-bond acceptors (Lipinski definition) is 3. The van der Waals surface area contributed by atoms with Crippen molar-refractivity contribution in [1.82, 2.24) is 19.5 Å². The number of aromatic amines is 1. The number of nitrogens with zero attached hydrogens (tertiary/aromatic N) is 3. The Morgan fingerprint density at radius 2 is 1.92 bits per heavy atom. The summed E-state index contributed by atoms with van der Waals surface area (Å²) in [7, 11) is 1.77. The first-order valence-corrected chi connectivity index (χ1v) is 7.92. The quantitative estimate of drug-likeness (QED) is 0.912. The number of alkyl halides is 3. The van der Waals surface area contributed by atoms with Gasteiger partial charge in [-0.1, -0.05) is 0 Å². The van der Waals surface area contributed by atoms with E-state index in [1.807, 2.05) is 0 Å². The number of halogens is 3. The Balaban J connectivity index is 1.97. The largest absolute Gasteiger partial charge is 0.391 e. The van der Waals surface area contributed by atoms with Crippen molar-refractivity contribution in [2.75, 3.05) is 0 Å². The number of nitrogens with one attached hydrogen (secondary N) is 1. The molecule has 0 spiro atoms. The molecule has 0 atom stereocenters. The molecule has 130 valence electrons. The Morgan fingerprint density at radius 3 is 2.46 bits per heavy atom. The van der Waals surface area contributed by atoms with Gasteiger partial charge in [0.25, 0.3) is 5.56 Å². The van der Waals surface area contributed by atoms with Crippen molar-refractivity contribution in [2.24, 2.45) is 13.0 Å². The van der Waals surface area contributed by atoms with Gasteiger partial charge in [-0.15, -0.1) is 0 Å². The highest BCUT2D eigenvalue weighted by Gasteiger charge is 2.42. The molecule has 3 rings (SSSR count). The van der Waals surface area contributed by atoms with Crippen molar-refractivity contribution in [3.8, 4) is 11.4 Å². The molecular formula is C16H19F3N4O. The lowest BCUT2D eigenvalue weighted by atomic mass is 9.79. The average Bonchev–Trinajstić information content (AvgIpc) is 2.91. The minimum atomic E-state index is -4.15. The highest BCUT2D eigenvalue weighted by Crippen LogP contribution is 2.43. The zero-order valence-electron chi connectivity index (χ0n) is 13.5. The van der Waals surface area contributed by atoms with Crippen molar-refractivity contribution in [3.63, 3.8) is 0 Å². The number of aryl methyl sites for hydroxylation is 2. The minimum absolute atomic E-state index is 0.0711. The van der Waals surface area contributed by atoms with Crippen LogP contribution in [0.25, 0.3) is 11.4 Å². The third kappa shape index (κ3) is 3.09. The fraction of sp³-hybridized carbons (Fsp3) is 0.562. The van der Waals surface area contributed by atoms with Gasteiger partial charge in [0.15, 0.2) is 0 Å². The highest BCUT2D eigenvalue weighted by molar-refractivity contribution is 5.58. The summed E-state index contributed by atoms with van der Waals surface area (Å²) in [6.45, 7) is 1.68. The first-order chi connectivity index (χ1) is 11.3. The second kappa shape index (κ2) is 6.07. The third-order valence-corrected chi connectivity index (χ3v) is 4.69. The Morgan fingerprint density at radius 1 is 1.25 bits per heavy atom. The third-order valence-electron chi connectivity index (χ3n) is 4.69. The van der Waals surface area contributed by atoms with Gasteiger partial charge in [0.05, 0.1) is 11.6 Å². The summed E-state index contributed by atoms with van der Waals surface area (Å²) in [5, 5.41) is 0. The number of aromatic nitrogens is 4. The molecule has 8 heteroatoms. The zero-order valence-corrected chi connectivity index (χ0v) is 13.5. The second-order valence-corrected chi connectivity index (χ2v) is 6.36. The molecule has 1 saturated carbocycles. The van der Waals surface area contributed by atoms with Gasteiger partial charge in [-0.25, -0.2) is 9.97 Å². The molecule has 5 nitrogen and oxygen atoms in total. The summed E-state index contributed by atoms with van der Waals surface area (Å²) in [6.07, 6.45) is 0.0429. The maximum atomic E-state index is 12.9. The summed E-state index contributed by atoms with van der Waals surface area (Å²) in [5.74, 6) is -0.465. The van der Waals surface area contributed by atoms with Gasteiger partial charge in [0.1, 0.15) is 17.2 Å². The molecule has 24 heavy (non-hydrogen) atoms. The number of imidazole rings is 1. The molecule has 1 aliphatic carbocycles. The van der Waals surface area contributed by atoms with E-state index >= 15 is 0 Å². The maximum Gasteiger partial charge on any atom is 0.391 e. The van der Waals surface area contributed by atoms with Crippen LogP contribution in [0.5, 0.6) is 0 Å². The number of hydrogen-bond donors (Lipinski definition) is 1. The first-order valence-electron chi connectivity index (χ1n) is 7.92. The Labute approximate surface area is 137 Å². The lowest BCUT2D eigenvalue weighted by Gasteiger charge is -2.30. The van der Waals surface area contributed by atoms with E-state index in [9.17, 15) is 18.0 Å². The molecule has 2 heterocycles. The Kier molecular flexibility index (Phi) is 4.23. The van der Waals surface area contributed by atoms with Crippen LogP contribution < -0.4 is 5.56 Å². The van der Waals surface area contributed by atoms with Crippen LogP contribution in [-0.2, 0) is 7.05 Å². The van der Waals surface area contributed by atoms with Crippen LogP contribution in [0.2, 0.25) is 0 Å². The topological polar surface area (TPSA) is 63.6 Å². The minimum Gasteiger partial charge on any atom is -0.334 e. The monoisotopic (exact) mass is 340 g/mol. The summed E-state index contributed by atoms with van der Waals surface area (Å²) in [6, 6.07) is 0. The smallest absolute Gasteiger partial charge is 0.334 e. The van der Waals surface area contributed by atoms with Crippen molar-refractivity contribution >= 4 is 0 Å². The van der Waals surface area contributed by atoms with Crippen LogP contribution in [0.15, 0.2) is 17.2 Å². The van der Waals surface area contributed by atoms with E-state index in [1.54, 1.807) is 30.9 Å². The van der Waals surface area contributed by atoms with Gasteiger partial charge in [-0.3, -0.25) is 4.79 Å². The molecular weight excluding hydrogens is 321 g/mol. The van der Waals surface area contributed by atoms with Crippen LogP contribution in [0.4, 0.5) is 13.2 Å². The zero-order chi connectivity index (χ0) is 17.5. The van der Waals surface area contributed by atoms with E-state index < -0.39 is 12.1 Å². The SMILES string of the molecule is Cc1nc(C2CCC(C(F)(F)F)CC2)c(-c2nccn2C)c(=O)[nH]1. The van der Waals surface area contributed by atoms with E-state index in [4.69, 9.17) is 0 Å². The van der Waals surface area contributed by atoms with Crippen molar-refractivity contribution in [2.45, 2.75) is 44.7 Å². The lowest BCUT2D eigenvalue weighted by molar-refractivity contribution is -0.182. The van der Waals surface area contributed by atoms with Gasteiger partial charge in [0, 0.05) is 25.4 Å². The number of rotatable bonds is 2. The van der Waals surface area contributed by atoms with Gasteiger partial charge in [-0.2, -0.15) is 13.2 Å². The van der Waals surface area contributed by atoms with Crippen LogP contribution in [0.1, 0.15) is 43.1 Å². The highest BCUT2D eigenvalue weighted by atomic mass is 19.4. The molecule has 0 saturated heterocycles. The molecule has 0 aromatic carbocycles. The Bertz CT molecular complexity index is 785. The van der Waals surface area contributed by atoms with Gasteiger partial charge in [0.2, 0.25) is 0 Å². The summed E-state index contributed by atoms with van der Waals surface area (Å²) in [5.41, 5.74) is 0.625. The van der Waals surface area contributed by atoms with Gasteiger partial charge in [-0.05, 0) is 32.6 Å². The molecule has 1 N–H and O–H groups in total. The van der Waals surface area contributed by atoms with E-state index in [2.05, 4.69) is 15.0 Å². The molecule has 2 aromatic heterocycles. The Hall–Kier alpha value is -2.12. The van der Waals surface area contributed by atoms with Crippen LogP contribution >= 0.6 is 0 Å². The van der Waals surface area contributed by atoms with Crippen LogP contribution in [0, 0.1) is 12.8 Å². The summed E-state index contributed by atoms with van der Waals surface area (Å²) in [4.78, 5) is 23.8. The average molecular weight is 340 g/mol. The van der Waals surface area contributed by atoms with E-state index in [1.165, 1.54) is 0 Å². The lowest BCUT2D eigenvalue weighted by Crippen LogP contribution is -2.28. The molecule has 0 aliphatic heterocycles. The van der Waals surface area contributed by atoms with Crippen LogP contribution in [0.3, 0.4) is 0 Å². The molecule has 0 unspecified atom stereocenters. The second-order valence-electron chi connectivity index (χ2n) is 6.36. The molecule has 1 aliphatic rings. The maximum absolute atomic E-state index is 12.9. The van der Waals surface area contributed by atoms with E-state index in [0.717, 1.165) is 0 Å².